The van der Waals surface area contributed by atoms with Crippen LogP contribution in [-0.4, -0.2) is 51.6 Å². The fourth-order valence-corrected chi connectivity index (χ4v) is 15.8. The van der Waals surface area contributed by atoms with Crippen molar-refractivity contribution in [1.29, 1.82) is 0 Å². The predicted octanol–water partition coefficient (Wildman–Crippen LogP) is 5.64. The van der Waals surface area contributed by atoms with Crippen molar-refractivity contribution >= 4 is 67.4 Å². The van der Waals surface area contributed by atoms with Gasteiger partial charge in [0.2, 0.25) is 0 Å². The van der Waals surface area contributed by atoms with E-state index in [4.69, 9.17) is 0 Å². The minimum absolute atomic E-state index is 0.0440. The molecular weight excluding hydrogens is 528 g/mol. The van der Waals surface area contributed by atoms with Gasteiger partial charge < -0.3 is 0 Å². The molecule has 0 amide bonds. The molecule has 0 unspecified atom stereocenters. The molecule has 0 saturated carbocycles. The van der Waals surface area contributed by atoms with Crippen LogP contribution in [0.5, 0.6) is 0 Å². The first-order valence-electron chi connectivity index (χ1n) is 12.9. The summed E-state index contributed by atoms with van der Waals surface area (Å²) in [5.41, 5.74) is 0. The first-order chi connectivity index (χ1) is 16.6. The minimum atomic E-state index is -1.64. The molecule has 3 aromatic rings. The normalized spacial score (nSPS) is 11.8. The Kier molecular flexibility index (Phi) is 11.8. The second-order valence-corrected chi connectivity index (χ2v) is 21.7. The molecule has 0 radical (unpaired) electrons. The van der Waals surface area contributed by atoms with Crippen LogP contribution in [0.2, 0.25) is 0 Å². The molecule has 0 aliphatic rings. The molecular formula is C30H42AsP3. The van der Waals surface area contributed by atoms with Crippen LogP contribution in [0.25, 0.3) is 0 Å². The van der Waals surface area contributed by atoms with Crippen molar-refractivity contribution in [2.75, 3.05) is 37.0 Å². The zero-order valence-electron chi connectivity index (χ0n) is 22.0. The van der Waals surface area contributed by atoms with Crippen LogP contribution in [0.1, 0.15) is 41.5 Å². The summed E-state index contributed by atoms with van der Waals surface area (Å²) >= 11 is -1.64. The standard InChI is InChI=1S/C30H42AsP3/c1-7-32(8-2)28-19-13-16-25(22-28)31(26-17-14-20-29(23-26)33(9-3)10-4)27-18-15-21-30(24-27)34(11-5)12-6/h13-24H,7-12H2,1-6H3. The summed E-state index contributed by atoms with van der Waals surface area (Å²) in [5.74, 6) is 0. The fraction of sp³-hybridized carbons (Fsp3) is 0.400. The van der Waals surface area contributed by atoms with Gasteiger partial charge in [-0.3, -0.25) is 0 Å². The van der Waals surface area contributed by atoms with Gasteiger partial charge in [-0.15, -0.1) is 0 Å². The Morgan fingerprint density at radius 2 is 0.706 bits per heavy atom. The summed E-state index contributed by atoms with van der Waals surface area (Å²) in [5, 5.41) is 4.79. The van der Waals surface area contributed by atoms with Gasteiger partial charge >= 0.3 is 219 Å². The maximum absolute atomic E-state index is 2.60. The molecule has 0 aliphatic heterocycles. The zero-order chi connectivity index (χ0) is 24.5. The van der Waals surface area contributed by atoms with Crippen LogP contribution in [0.15, 0.2) is 72.8 Å². The van der Waals surface area contributed by atoms with E-state index >= 15 is 0 Å². The Hall–Kier alpha value is -0.492. The van der Waals surface area contributed by atoms with Crippen molar-refractivity contribution in [3.8, 4) is 0 Å². The Balaban J connectivity index is 2.17. The molecule has 0 spiro atoms. The molecule has 0 bridgehead atoms. The van der Waals surface area contributed by atoms with Gasteiger partial charge in [-0.1, -0.05) is 0 Å². The number of rotatable bonds is 12. The third-order valence-electron chi connectivity index (χ3n) is 6.65. The van der Waals surface area contributed by atoms with Gasteiger partial charge in [-0.2, -0.15) is 0 Å². The Bertz CT molecular complexity index is 891. The summed E-state index contributed by atoms with van der Waals surface area (Å²) in [6.45, 7) is 14.2. The molecule has 0 aliphatic carbocycles. The van der Waals surface area contributed by atoms with Crippen molar-refractivity contribution in [1.82, 2.24) is 0 Å². The van der Waals surface area contributed by atoms with Gasteiger partial charge in [-0.25, -0.2) is 0 Å². The maximum atomic E-state index is 2.60. The third-order valence-corrected chi connectivity index (χ3v) is 19.3. The second kappa shape index (κ2) is 14.3. The van der Waals surface area contributed by atoms with E-state index in [1.165, 1.54) is 37.0 Å². The predicted molar refractivity (Wildman–Crippen MR) is 167 cm³/mol. The summed E-state index contributed by atoms with van der Waals surface area (Å²) in [6.07, 6.45) is 7.68. The fourth-order valence-electron chi connectivity index (χ4n) is 4.70. The van der Waals surface area contributed by atoms with Gasteiger partial charge in [0.05, 0.1) is 0 Å². The van der Waals surface area contributed by atoms with E-state index in [1.807, 2.05) is 0 Å². The summed E-state index contributed by atoms with van der Waals surface area (Å²) in [7, 11) is -0.132. The van der Waals surface area contributed by atoms with Gasteiger partial charge in [0, 0.05) is 0 Å². The van der Waals surface area contributed by atoms with Crippen molar-refractivity contribution in [2.45, 2.75) is 41.5 Å². The van der Waals surface area contributed by atoms with Gasteiger partial charge in [0.1, 0.15) is 0 Å². The Labute approximate surface area is 217 Å². The molecule has 0 heterocycles. The van der Waals surface area contributed by atoms with Crippen LogP contribution in [0, 0.1) is 0 Å². The van der Waals surface area contributed by atoms with Crippen molar-refractivity contribution in [3.63, 3.8) is 0 Å². The Morgan fingerprint density at radius 3 is 0.941 bits per heavy atom. The molecule has 0 nitrogen and oxygen atoms in total. The molecule has 0 saturated heterocycles. The molecule has 182 valence electrons. The van der Waals surface area contributed by atoms with Gasteiger partial charge in [0.15, 0.2) is 0 Å². The van der Waals surface area contributed by atoms with E-state index in [2.05, 4.69) is 114 Å². The molecule has 0 aromatic heterocycles. The van der Waals surface area contributed by atoms with E-state index in [0.29, 0.717) is 0 Å². The molecule has 0 N–H and O–H groups in total. The van der Waals surface area contributed by atoms with Gasteiger partial charge in [-0.05, 0) is 0 Å². The average molecular weight is 571 g/mol. The van der Waals surface area contributed by atoms with E-state index < -0.39 is 14.7 Å². The molecule has 4 heteroatoms. The summed E-state index contributed by atoms with van der Waals surface area (Å²) in [6, 6.07) is 29.3. The van der Waals surface area contributed by atoms with Crippen molar-refractivity contribution in [3.05, 3.63) is 72.8 Å². The molecule has 34 heavy (non-hydrogen) atoms. The molecule has 3 aromatic carbocycles. The van der Waals surface area contributed by atoms with Crippen molar-refractivity contribution in [2.24, 2.45) is 0 Å². The van der Waals surface area contributed by atoms with E-state index in [9.17, 15) is 0 Å². The second-order valence-electron chi connectivity index (χ2n) is 8.41. The average Bonchev–Trinajstić information content (AvgIpc) is 2.87. The number of hydrogen-bond donors (Lipinski definition) is 0. The quantitative estimate of drug-likeness (QED) is 0.195. The number of benzene rings is 3. The zero-order valence-corrected chi connectivity index (χ0v) is 26.5. The monoisotopic (exact) mass is 570 g/mol. The molecule has 0 atom stereocenters. The van der Waals surface area contributed by atoms with Crippen LogP contribution in [0.3, 0.4) is 0 Å². The van der Waals surface area contributed by atoms with E-state index in [-0.39, 0.29) is 23.8 Å². The first-order valence-corrected chi connectivity index (χ1v) is 20.9. The van der Waals surface area contributed by atoms with Crippen LogP contribution in [0.4, 0.5) is 0 Å². The molecule has 3 rings (SSSR count). The number of hydrogen-bond acceptors (Lipinski definition) is 0. The summed E-state index contributed by atoms with van der Waals surface area (Å²) < 4.78 is 4.80. The third kappa shape index (κ3) is 6.83. The molecule has 0 fully saturated rings. The van der Waals surface area contributed by atoms with E-state index in [1.54, 1.807) is 29.0 Å². The van der Waals surface area contributed by atoms with E-state index in [0.717, 1.165) is 0 Å². The van der Waals surface area contributed by atoms with Crippen LogP contribution < -0.4 is 29.0 Å². The summed E-state index contributed by atoms with van der Waals surface area (Å²) in [4.78, 5) is 0. The Morgan fingerprint density at radius 1 is 0.441 bits per heavy atom. The van der Waals surface area contributed by atoms with Crippen molar-refractivity contribution < 1.29 is 0 Å². The van der Waals surface area contributed by atoms with Crippen LogP contribution >= 0.6 is 23.8 Å². The van der Waals surface area contributed by atoms with Gasteiger partial charge in [0.25, 0.3) is 0 Å². The topological polar surface area (TPSA) is 0 Å². The van der Waals surface area contributed by atoms with Crippen LogP contribution in [-0.2, 0) is 0 Å². The SMILES string of the molecule is CCP(CC)c1cccc([As](c2cccc(P(CC)CC)c2)c2cccc(P(CC)CC)c2)c1. The first kappa shape index (κ1) is 28.1.